The van der Waals surface area contributed by atoms with Crippen LogP contribution in [0.2, 0.25) is 0 Å². The van der Waals surface area contributed by atoms with Crippen molar-refractivity contribution in [3.63, 3.8) is 0 Å². The summed E-state index contributed by atoms with van der Waals surface area (Å²) < 4.78 is 25.0. The number of nitrogens with zero attached hydrogens (tertiary/aromatic N) is 6. The van der Waals surface area contributed by atoms with Gasteiger partial charge < -0.3 is 52.7 Å². The molecule has 4 aromatic carbocycles. The molecule has 2 amide bonds. The van der Waals surface area contributed by atoms with Crippen LogP contribution >= 0.6 is 0 Å². The summed E-state index contributed by atoms with van der Waals surface area (Å²) in [6.07, 6.45) is 22.7. The van der Waals surface area contributed by atoms with E-state index in [2.05, 4.69) is 19.8 Å². The van der Waals surface area contributed by atoms with E-state index in [1.807, 2.05) is 78.1 Å². The molecule has 2 atom stereocenters. The van der Waals surface area contributed by atoms with Crippen LogP contribution in [0.5, 0.6) is 11.5 Å². The average molecular weight is 1140 g/mol. The van der Waals surface area contributed by atoms with Crippen LogP contribution in [-0.2, 0) is 41.3 Å². The number of aromatic nitrogens is 6. The zero-order chi connectivity index (χ0) is 59.0. The highest BCUT2D eigenvalue weighted by Gasteiger charge is 2.31. The number of amides is 2. The van der Waals surface area contributed by atoms with Crippen molar-refractivity contribution >= 4 is 73.2 Å². The molecular weight excluding hydrogens is 1060 g/mol. The van der Waals surface area contributed by atoms with Gasteiger partial charge in [0.25, 0.3) is 11.8 Å². The summed E-state index contributed by atoms with van der Waals surface area (Å²) in [5.74, 6) is 0.177. The summed E-state index contributed by atoms with van der Waals surface area (Å²) in [7, 11) is 3.82. The predicted molar refractivity (Wildman–Crippen MR) is 320 cm³/mol. The van der Waals surface area contributed by atoms with E-state index in [9.17, 15) is 34.2 Å². The second-order valence-electron chi connectivity index (χ2n) is 23.1. The van der Waals surface area contributed by atoms with E-state index in [1.165, 1.54) is 66.2 Å². The number of rotatable bonds is 17. The van der Waals surface area contributed by atoms with Gasteiger partial charge in [0.15, 0.2) is 17.2 Å². The quantitative estimate of drug-likeness (QED) is 0.0667. The number of phenols is 1. The lowest BCUT2D eigenvalue weighted by Crippen LogP contribution is -2.41. The molecule has 2 saturated carbocycles. The van der Waals surface area contributed by atoms with Gasteiger partial charge in [0.1, 0.15) is 35.7 Å². The molecule has 2 aliphatic carbocycles. The third-order valence-electron chi connectivity index (χ3n) is 16.8. The number of Topliss-reactive ketones (excluding diaryl/α,β-unsaturated/α-hetero) is 2. The number of carbonyl (C=O) groups is 5. The van der Waals surface area contributed by atoms with Crippen molar-refractivity contribution in [2.24, 2.45) is 14.1 Å². The number of aliphatic carboxylic acids is 1. The zero-order valence-corrected chi connectivity index (χ0v) is 48.2. The Bertz CT molecular complexity index is 4090. The largest absolute Gasteiger partial charge is 0.508 e. The fourth-order valence-electron chi connectivity index (χ4n) is 12.2. The highest BCUT2D eigenvalue weighted by Crippen LogP contribution is 2.39. The van der Waals surface area contributed by atoms with Crippen molar-refractivity contribution in [2.45, 2.75) is 135 Å². The summed E-state index contributed by atoms with van der Waals surface area (Å²) in [6.45, 7) is 5.93. The number of imidazole rings is 2. The standard InChI is InChI=1S/C35H38N4O6.C31H32N4O4/c1-21(40)28(17-24-19-38(4)30-13-11-26(18-27(24)30)45-35(2,3)34(42)43)37-33(41)22-10-12-31-29(16-22)36-32(23-14-15-44-20-23)39(31)25-8-6-5-7-9-25;1-19(36)26(15-22-17-34(2)28-11-9-24(37)16-25(22)28)33-31(38)20-8-10-29-27(14-20)32-30(21-12-13-39-18-21)35(29)23-6-4-3-5-7-23/h10-16,18-20,25,28H,5-9,17H2,1-4H3,(H,37,41)(H,42,43);8-14,16-18,23,26,37H,3-7,15H2,1-2H3,(H,33,38)/t28-;26-/m00/s1. The van der Waals surface area contributed by atoms with Gasteiger partial charge in [0, 0.05) is 84.3 Å². The van der Waals surface area contributed by atoms with Crippen molar-refractivity contribution in [1.29, 1.82) is 0 Å². The van der Waals surface area contributed by atoms with Gasteiger partial charge >= 0.3 is 5.97 Å². The Labute approximate surface area is 485 Å². The van der Waals surface area contributed by atoms with Crippen LogP contribution in [0.3, 0.4) is 0 Å². The monoisotopic (exact) mass is 1130 g/mol. The minimum absolute atomic E-state index is 0.134. The first-order chi connectivity index (χ1) is 40.4. The maximum absolute atomic E-state index is 13.6. The molecule has 6 aromatic heterocycles. The topological polar surface area (TPSA) is 231 Å². The third-order valence-corrected chi connectivity index (χ3v) is 16.8. The number of hydrogen-bond acceptors (Lipinski definition) is 11. The molecule has 434 valence electrons. The number of fused-ring (bicyclic) bond motifs is 4. The molecular formula is C66H70N8O10. The molecule has 0 radical (unpaired) electrons. The fraction of sp³-hybridized carbons (Fsp3) is 0.348. The molecule has 0 aliphatic heterocycles. The first-order valence-electron chi connectivity index (χ1n) is 28.9. The maximum Gasteiger partial charge on any atom is 0.347 e. The highest BCUT2D eigenvalue weighted by atomic mass is 16.5. The Hall–Kier alpha value is -9.19. The number of furan rings is 2. The van der Waals surface area contributed by atoms with E-state index in [4.69, 9.17) is 23.5 Å². The number of benzene rings is 4. The van der Waals surface area contributed by atoms with Gasteiger partial charge in [-0.3, -0.25) is 19.2 Å². The van der Waals surface area contributed by atoms with Crippen LogP contribution in [0.15, 0.2) is 131 Å². The van der Waals surface area contributed by atoms with Gasteiger partial charge in [-0.25, -0.2) is 14.8 Å². The Morgan fingerprint density at radius 3 is 1.48 bits per heavy atom. The molecule has 0 bridgehead atoms. The number of carbonyl (C=O) groups excluding carboxylic acids is 4. The number of hydrogen-bond donors (Lipinski definition) is 4. The smallest absolute Gasteiger partial charge is 0.347 e. The molecule has 0 unspecified atom stereocenters. The molecule has 84 heavy (non-hydrogen) atoms. The van der Waals surface area contributed by atoms with Crippen LogP contribution in [0.1, 0.15) is 136 Å². The summed E-state index contributed by atoms with van der Waals surface area (Å²) in [5.41, 5.74) is 8.26. The predicted octanol–water partition coefficient (Wildman–Crippen LogP) is 12.4. The molecule has 4 N–H and O–H groups in total. The second kappa shape index (κ2) is 23.6. The Balaban J connectivity index is 0.000000177. The van der Waals surface area contributed by atoms with Crippen molar-refractivity contribution in [3.05, 3.63) is 145 Å². The lowest BCUT2D eigenvalue weighted by Gasteiger charge is -2.25. The molecule has 10 aromatic rings. The van der Waals surface area contributed by atoms with Gasteiger partial charge in [-0.05, 0) is 149 Å². The number of ketones is 2. The van der Waals surface area contributed by atoms with Crippen LogP contribution in [-0.4, -0.2) is 85.5 Å². The number of ether oxygens (including phenoxy) is 1. The molecule has 6 heterocycles. The van der Waals surface area contributed by atoms with Crippen molar-refractivity contribution in [1.82, 2.24) is 38.9 Å². The Kier molecular flexibility index (Phi) is 15.9. The van der Waals surface area contributed by atoms with Gasteiger partial charge in [-0.15, -0.1) is 0 Å². The van der Waals surface area contributed by atoms with Crippen molar-refractivity contribution in [2.75, 3.05) is 0 Å². The molecule has 2 aliphatic rings. The molecule has 18 heteroatoms. The molecule has 0 spiro atoms. The molecule has 0 saturated heterocycles. The van der Waals surface area contributed by atoms with Crippen molar-refractivity contribution in [3.8, 4) is 34.3 Å². The molecule has 2 fully saturated rings. The number of carboxylic acids is 1. The second-order valence-corrected chi connectivity index (χ2v) is 23.1. The van der Waals surface area contributed by atoms with Crippen LogP contribution in [0, 0.1) is 0 Å². The number of aryl methyl sites for hydroxylation is 2. The van der Waals surface area contributed by atoms with E-state index in [-0.39, 0.29) is 35.6 Å². The highest BCUT2D eigenvalue weighted by molar-refractivity contribution is 6.02. The van der Waals surface area contributed by atoms with Gasteiger partial charge in [0.2, 0.25) is 0 Å². The summed E-state index contributed by atoms with van der Waals surface area (Å²) >= 11 is 0. The maximum atomic E-state index is 13.6. The Morgan fingerprint density at radius 1 is 0.607 bits per heavy atom. The summed E-state index contributed by atoms with van der Waals surface area (Å²) in [6, 6.07) is 24.7. The van der Waals surface area contributed by atoms with Gasteiger partial charge in [-0.1, -0.05) is 38.5 Å². The fourth-order valence-corrected chi connectivity index (χ4v) is 12.2. The lowest BCUT2D eigenvalue weighted by molar-refractivity contribution is -0.152. The van der Waals surface area contributed by atoms with Gasteiger partial charge in [0.05, 0.1) is 57.8 Å². The van der Waals surface area contributed by atoms with E-state index in [1.54, 1.807) is 67.5 Å². The minimum atomic E-state index is -1.41. The SMILES string of the molecule is CC(=O)[C@H](Cc1cn(C)c2ccc(O)cc12)NC(=O)c1ccc2c(c1)nc(-c1ccoc1)n2C1CCCCC1.CC(=O)[C@H](Cc1cn(C)c2ccc(OC(C)(C)C(=O)O)cc12)NC(=O)c1ccc2c(c1)nc(-c1ccoc1)n2C1CCCCC1. The van der Waals surface area contributed by atoms with Crippen LogP contribution in [0.4, 0.5) is 0 Å². The summed E-state index contributed by atoms with van der Waals surface area (Å²) in [5, 5.41) is 27.0. The third kappa shape index (κ3) is 11.6. The van der Waals surface area contributed by atoms with Crippen molar-refractivity contribution < 1.29 is 47.8 Å². The molecule has 12 rings (SSSR count). The number of nitrogens with one attached hydrogen (secondary N) is 2. The van der Waals surface area contributed by atoms with Crippen LogP contribution < -0.4 is 15.4 Å². The normalized spacial score (nSPS) is 15.0. The first kappa shape index (κ1) is 56.7. The van der Waals surface area contributed by atoms with E-state index < -0.39 is 23.7 Å². The Morgan fingerprint density at radius 2 is 1.05 bits per heavy atom. The number of aromatic hydroxyl groups is 1. The minimum Gasteiger partial charge on any atom is -0.508 e. The van der Waals surface area contributed by atoms with Crippen LogP contribution in [0.25, 0.3) is 66.6 Å². The average Bonchev–Trinajstić information content (AvgIpc) is 3.28. The number of carboxylic acid groups (broad SMARTS) is 1. The van der Waals surface area contributed by atoms with E-state index in [0.29, 0.717) is 35.4 Å². The van der Waals surface area contributed by atoms with Gasteiger partial charge in [-0.2, -0.15) is 0 Å². The lowest BCUT2D eigenvalue weighted by atomic mass is 9.95. The summed E-state index contributed by atoms with van der Waals surface area (Å²) in [4.78, 5) is 73.8. The zero-order valence-electron chi connectivity index (χ0n) is 48.2. The number of phenolic OH excluding ortho intramolecular Hbond substituents is 1. The van der Waals surface area contributed by atoms with E-state index >= 15 is 0 Å². The first-order valence-corrected chi connectivity index (χ1v) is 28.9. The van der Waals surface area contributed by atoms with E-state index in [0.717, 1.165) is 103 Å². The molecule has 18 nitrogen and oxygen atoms in total.